The van der Waals surface area contributed by atoms with Crippen LogP contribution >= 0.6 is 0 Å². The molecule has 0 aliphatic heterocycles. The van der Waals surface area contributed by atoms with Crippen molar-refractivity contribution < 1.29 is 17.5 Å². The number of rotatable bonds is 5. The number of nitro groups is 1. The topological polar surface area (TPSA) is 125 Å². The molecule has 0 spiro atoms. The molecule has 2 rings (SSSR count). The van der Waals surface area contributed by atoms with Crippen LogP contribution in [0.15, 0.2) is 41.8 Å². The maximum absolute atomic E-state index is 12.2. The largest absolute Gasteiger partial charge is 0.391 e. The van der Waals surface area contributed by atoms with Gasteiger partial charge in [0.15, 0.2) is 11.2 Å². The number of nitrogens with two attached hydrogens (primary N) is 1. The molecular weight excluding hydrogens is 298 g/mol. The Balaban J connectivity index is 2.85. The molecule has 2 N–H and O–H groups in total. The van der Waals surface area contributed by atoms with Crippen molar-refractivity contribution in [2.75, 3.05) is 12.3 Å². The highest BCUT2D eigenvalue weighted by Crippen LogP contribution is 2.34. The van der Waals surface area contributed by atoms with Crippen molar-refractivity contribution in [2.45, 2.75) is 4.90 Å². The predicted molar refractivity (Wildman–Crippen MR) is 76.1 cm³/mol. The normalized spacial score (nSPS) is 11.4. The average molecular weight is 309 g/mol. The first-order chi connectivity index (χ1) is 9.88. The van der Waals surface area contributed by atoms with Crippen LogP contribution in [0.2, 0.25) is 0 Å². The SMILES string of the molecule is C=CCOS(=O)(=O)c1c(N)c([N+](=O)[O-])nc2ccccc12. The fraction of sp³-hybridized carbons (Fsp3) is 0.0833. The van der Waals surface area contributed by atoms with E-state index in [1.165, 1.54) is 18.2 Å². The molecule has 0 fully saturated rings. The Bertz CT molecular complexity index is 832. The van der Waals surface area contributed by atoms with Gasteiger partial charge in [0.1, 0.15) is 4.90 Å². The lowest BCUT2D eigenvalue weighted by Crippen LogP contribution is -2.12. The minimum absolute atomic E-state index is 0.138. The standard InChI is InChI=1S/C12H11N3O5S/c1-2-7-20-21(18,19)11-8-5-3-4-6-9(8)14-12(10(11)13)15(16)17/h2-6H,1,7,13H2. The average Bonchev–Trinajstić information content (AvgIpc) is 2.43. The van der Waals surface area contributed by atoms with Gasteiger partial charge in [-0.05, 0) is 22.0 Å². The fourth-order valence-electron chi connectivity index (χ4n) is 1.79. The third kappa shape index (κ3) is 2.69. The summed E-state index contributed by atoms with van der Waals surface area (Å²) in [6.07, 6.45) is 1.24. The highest BCUT2D eigenvalue weighted by Gasteiger charge is 2.30. The van der Waals surface area contributed by atoms with Gasteiger partial charge in [-0.2, -0.15) is 8.42 Å². The van der Waals surface area contributed by atoms with Crippen molar-refractivity contribution in [3.05, 3.63) is 47.0 Å². The van der Waals surface area contributed by atoms with Gasteiger partial charge >= 0.3 is 5.82 Å². The van der Waals surface area contributed by atoms with Crippen LogP contribution < -0.4 is 5.73 Å². The van der Waals surface area contributed by atoms with Gasteiger partial charge in [0, 0.05) is 5.39 Å². The summed E-state index contributed by atoms with van der Waals surface area (Å²) in [5.41, 5.74) is 5.20. The van der Waals surface area contributed by atoms with E-state index in [2.05, 4.69) is 11.6 Å². The number of aromatic nitrogens is 1. The number of para-hydroxylation sites is 1. The highest BCUT2D eigenvalue weighted by molar-refractivity contribution is 7.87. The van der Waals surface area contributed by atoms with Crippen molar-refractivity contribution >= 4 is 32.5 Å². The zero-order chi connectivity index (χ0) is 15.6. The number of nitrogens with zero attached hydrogens (tertiary/aromatic N) is 2. The Kier molecular flexibility index (Phi) is 3.87. The Morgan fingerprint density at radius 2 is 2.10 bits per heavy atom. The fourth-order valence-corrected chi connectivity index (χ4v) is 2.99. The van der Waals surface area contributed by atoms with Crippen molar-refractivity contribution in [3.63, 3.8) is 0 Å². The van der Waals surface area contributed by atoms with E-state index in [1.807, 2.05) is 0 Å². The minimum atomic E-state index is -4.28. The number of pyridine rings is 1. The summed E-state index contributed by atoms with van der Waals surface area (Å²) in [4.78, 5) is 13.4. The third-order valence-corrected chi connectivity index (χ3v) is 4.01. The Hall–Kier alpha value is -2.52. The monoisotopic (exact) mass is 309 g/mol. The Labute approximate surface area is 120 Å². The minimum Gasteiger partial charge on any atom is -0.391 e. The van der Waals surface area contributed by atoms with Gasteiger partial charge in [0.05, 0.1) is 6.61 Å². The lowest BCUT2D eigenvalue weighted by Gasteiger charge is -2.09. The molecule has 110 valence electrons. The molecule has 1 aromatic carbocycles. The number of nitrogen functional groups attached to an aromatic ring is 1. The predicted octanol–water partition coefficient (Wildman–Crippen LogP) is 1.62. The van der Waals surface area contributed by atoms with Crippen LogP contribution in [0.5, 0.6) is 0 Å². The molecule has 0 unspecified atom stereocenters. The number of fused-ring (bicyclic) bond motifs is 1. The van der Waals surface area contributed by atoms with Crippen LogP contribution in [0.25, 0.3) is 10.9 Å². The molecule has 1 aromatic heterocycles. The molecule has 21 heavy (non-hydrogen) atoms. The summed E-state index contributed by atoms with van der Waals surface area (Å²) < 4.78 is 29.1. The molecule has 9 heteroatoms. The van der Waals surface area contributed by atoms with E-state index in [0.29, 0.717) is 0 Å². The molecule has 8 nitrogen and oxygen atoms in total. The molecular formula is C12H11N3O5S. The second-order valence-electron chi connectivity index (χ2n) is 3.98. The maximum Gasteiger partial charge on any atom is 0.388 e. The van der Waals surface area contributed by atoms with Gasteiger partial charge in [-0.15, -0.1) is 6.58 Å². The van der Waals surface area contributed by atoms with Crippen LogP contribution in [0, 0.1) is 10.1 Å². The van der Waals surface area contributed by atoms with Crippen molar-refractivity contribution in [2.24, 2.45) is 0 Å². The lowest BCUT2D eigenvalue weighted by atomic mass is 10.2. The van der Waals surface area contributed by atoms with Crippen LogP contribution in [-0.2, 0) is 14.3 Å². The molecule has 0 saturated carbocycles. The molecule has 0 aliphatic rings. The van der Waals surface area contributed by atoms with Crippen LogP contribution in [0.3, 0.4) is 0 Å². The molecule has 0 saturated heterocycles. The molecule has 0 atom stereocenters. The van der Waals surface area contributed by atoms with Gasteiger partial charge in [-0.1, -0.05) is 18.2 Å². The van der Waals surface area contributed by atoms with E-state index in [-0.39, 0.29) is 17.5 Å². The zero-order valence-corrected chi connectivity index (χ0v) is 11.5. The number of hydrogen-bond donors (Lipinski definition) is 1. The summed E-state index contributed by atoms with van der Waals surface area (Å²) in [5, 5.41) is 11.1. The molecule has 1 heterocycles. The number of anilines is 1. The van der Waals surface area contributed by atoms with E-state index < -0.39 is 31.4 Å². The smallest absolute Gasteiger partial charge is 0.388 e. The second-order valence-corrected chi connectivity index (χ2v) is 5.53. The summed E-state index contributed by atoms with van der Waals surface area (Å²) in [6.45, 7) is 3.08. The second kappa shape index (κ2) is 5.46. The Morgan fingerprint density at radius 1 is 1.43 bits per heavy atom. The van der Waals surface area contributed by atoms with Crippen LogP contribution in [-0.4, -0.2) is 24.9 Å². The first kappa shape index (κ1) is 14.9. The van der Waals surface area contributed by atoms with Crippen LogP contribution in [0.4, 0.5) is 11.5 Å². The Morgan fingerprint density at radius 3 is 2.71 bits per heavy atom. The van der Waals surface area contributed by atoms with Gasteiger partial charge in [0.2, 0.25) is 0 Å². The van der Waals surface area contributed by atoms with Gasteiger partial charge in [-0.3, -0.25) is 4.18 Å². The van der Waals surface area contributed by atoms with E-state index in [0.717, 1.165) is 0 Å². The van der Waals surface area contributed by atoms with Crippen molar-refractivity contribution in [1.82, 2.24) is 4.98 Å². The summed E-state index contributed by atoms with van der Waals surface area (Å²) in [5.74, 6) is -0.727. The number of benzene rings is 1. The van der Waals surface area contributed by atoms with Crippen molar-refractivity contribution in [1.29, 1.82) is 0 Å². The highest BCUT2D eigenvalue weighted by atomic mass is 32.2. The zero-order valence-electron chi connectivity index (χ0n) is 10.7. The summed E-state index contributed by atoms with van der Waals surface area (Å²) in [7, 11) is -4.28. The molecule has 0 radical (unpaired) electrons. The summed E-state index contributed by atoms with van der Waals surface area (Å²) in [6, 6.07) is 6.05. The molecule has 0 amide bonds. The number of hydrogen-bond acceptors (Lipinski definition) is 7. The van der Waals surface area contributed by atoms with Crippen molar-refractivity contribution in [3.8, 4) is 0 Å². The molecule has 0 aliphatic carbocycles. The molecule has 2 aromatic rings. The van der Waals surface area contributed by atoms with E-state index >= 15 is 0 Å². The van der Waals surface area contributed by atoms with E-state index in [4.69, 9.17) is 9.92 Å². The third-order valence-electron chi connectivity index (χ3n) is 2.62. The maximum atomic E-state index is 12.2. The first-order valence-corrected chi connectivity index (χ1v) is 7.12. The first-order valence-electron chi connectivity index (χ1n) is 5.71. The van der Waals surface area contributed by atoms with E-state index in [9.17, 15) is 18.5 Å². The van der Waals surface area contributed by atoms with Gasteiger partial charge in [0.25, 0.3) is 10.1 Å². The van der Waals surface area contributed by atoms with Gasteiger partial charge < -0.3 is 15.8 Å². The molecule has 0 bridgehead atoms. The lowest BCUT2D eigenvalue weighted by molar-refractivity contribution is -0.388. The van der Waals surface area contributed by atoms with E-state index in [1.54, 1.807) is 12.1 Å². The quantitative estimate of drug-likeness (QED) is 0.385. The summed E-state index contributed by atoms with van der Waals surface area (Å²) >= 11 is 0. The van der Waals surface area contributed by atoms with Gasteiger partial charge in [-0.25, -0.2) is 0 Å². The van der Waals surface area contributed by atoms with Crippen LogP contribution in [0.1, 0.15) is 0 Å².